The van der Waals surface area contributed by atoms with Crippen LogP contribution >= 0.6 is 11.6 Å². The highest BCUT2D eigenvalue weighted by atomic mass is 35.5. The van der Waals surface area contributed by atoms with Crippen molar-refractivity contribution in [1.82, 2.24) is 0 Å². The van der Waals surface area contributed by atoms with Gasteiger partial charge < -0.3 is 9.84 Å². The molecule has 1 unspecified atom stereocenters. The van der Waals surface area contributed by atoms with Crippen molar-refractivity contribution in [3.8, 4) is 11.5 Å². The van der Waals surface area contributed by atoms with Gasteiger partial charge in [-0.1, -0.05) is 17.7 Å². The lowest BCUT2D eigenvalue weighted by Crippen LogP contribution is -1.96. The Balaban J connectivity index is 2.36. The molecule has 0 saturated heterocycles. The Hall–Kier alpha value is -2.18. The molecule has 2 aromatic rings. The summed E-state index contributed by atoms with van der Waals surface area (Å²) in [7, 11) is 0. The van der Waals surface area contributed by atoms with Gasteiger partial charge in [-0.15, -0.1) is 0 Å². The maximum Gasteiger partial charge on any atom is 0.311 e. The predicted octanol–water partition coefficient (Wildman–Crippen LogP) is 4.23. The highest BCUT2D eigenvalue weighted by Gasteiger charge is 2.17. The summed E-state index contributed by atoms with van der Waals surface area (Å²) in [6, 6.07) is 7.35. The zero-order valence-electron chi connectivity index (χ0n) is 10.9. The molecule has 0 saturated carbocycles. The Labute approximate surface area is 124 Å². The van der Waals surface area contributed by atoms with E-state index in [9.17, 15) is 19.6 Å². The van der Waals surface area contributed by atoms with Crippen molar-refractivity contribution >= 4 is 17.3 Å². The Morgan fingerprint density at radius 3 is 2.62 bits per heavy atom. The summed E-state index contributed by atoms with van der Waals surface area (Å²) in [5.41, 5.74) is 0.143. The van der Waals surface area contributed by atoms with Gasteiger partial charge in [-0.3, -0.25) is 10.1 Å². The van der Waals surface area contributed by atoms with Crippen LogP contribution in [0.25, 0.3) is 0 Å². The Bertz CT molecular complexity index is 691. The molecular weight excluding hydrogens is 301 g/mol. The molecule has 5 nitrogen and oxygen atoms in total. The van der Waals surface area contributed by atoms with Crippen LogP contribution in [0.3, 0.4) is 0 Å². The normalized spacial score (nSPS) is 12.0. The molecule has 0 aliphatic rings. The number of nitro groups is 1. The fourth-order valence-electron chi connectivity index (χ4n) is 1.76. The molecule has 0 fully saturated rings. The second kappa shape index (κ2) is 6.07. The lowest BCUT2D eigenvalue weighted by atomic mass is 10.1. The van der Waals surface area contributed by atoms with Crippen molar-refractivity contribution < 1.29 is 19.2 Å². The average molecular weight is 312 g/mol. The summed E-state index contributed by atoms with van der Waals surface area (Å²) in [4.78, 5) is 10.2. The third-order valence-corrected chi connectivity index (χ3v) is 3.10. The van der Waals surface area contributed by atoms with E-state index in [4.69, 9.17) is 16.3 Å². The highest BCUT2D eigenvalue weighted by molar-refractivity contribution is 6.31. The average Bonchev–Trinajstić information content (AvgIpc) is 2.37. The van der Waals surface area contributed by atoms with Crippen LogP contribution in [0.5, 0.6) is 11.5 Å². The standard InChI is InChI=1S/C14H11ClFNO4/c1-8(18)11-4-3-10(7-12(11)15)21-14-6-9(16)2-5-13(14)17(19)20/h2-8,18H,1H3. The van der Waals surface area contributed by atoms with E-state index < -0.39 is 16.8 Å². The molecule has 0 amide bonds. The van der Waals surface area contributed by atoms with Crippen LogP contribution in [0.1, 0.15) is 18.6 Å². The van der Waals surface area contributed by atoms with E-state index in [1.807, 2.05) is 0 Å². The van der Waals surface area contributed by atoms with Crippen LogP contribution in [0, 0.1) is 15.9 Å². The highest BCUT2D eigenvalue weighted by Crippen LogP contribution is 2.34. The first-order valence-electron chi connectivity index (χ1n) is 5.98. The van der Waals surface area contributed by atoms with Crippen molar-refractivity contribution in [2.24, 2.45) is 0 Å². The first-order chi connectivity index (χ1) is 9.88. The van der Waals surface area contributed by atoms with Crippen LogP contribution in [0.4, 0.5) is 10.1 Å². The second-order valence-electron chi connectivity index (χ2n) is 4.33. The molecule has 0 aromatic heterocycles. The van der Waals surface area contributed by atoms with Gasteiger partial charge in [0.15, 0.2) is 0 Å². The van der Waals surface area contributed by atoms with Crippen LogP contribution in [0.2, 0.25) is 5.02 Å². The minimum atomic E-state index is -0.755. The molecule has 0 radical (unpaired) electrons. The van der Waals surface area contributed by atoms with Crippen molar-refractivity contribution in [2.75, 3.05) is 0 Å². The zero-order valence-corrected chi connectivity index (χ0v) is 11.7. The van der Waals surface area contributed by atoms with E-state index in [0.29, 0.717) is 5.56 Å². The van der Waals surface area contributed by atoms with E-state index in [-0.39, 0.29) is 22.2 Å². The summed E-state index contributed by atoms with van der Waals surface area (Å²) in [5, 5.41) is 20.6. The minimum absolute atomic E-state index is 0.207. The van der Waals surface area contributed by atoms with Crippen LogP contribution < -0.4 is 4.74 Å². The molecule has 0 aliphatic carbocycles. The van der Waals surface area contributed by atoms with Gasteiger partial charge in [0.05, 0.1) is 16.0 Å². The van der Waals surface area contributed by atoms with Gasteiger partial charge in [-0.2, -0.15) is 0 Å². The molecule has 2 aromatic carbocycles. The van der Waals surface area contributed by atoms with E-state index in [0.717, 1.165) is 18.2 Å². The number of aliphatic hydroxyl groups excluding tert-OH is 1. The number of ether oxygens (including phenoxy) is 1. The number of hydrogen-bond acceptors (Lipinski definition) is 4. The number of nitro benzene ring substituents is 1. The van der Waals surface area contributed by atoms with Gasteiger partial charge in [-0.25, -0.2) is 4.39 Å². The van der Waals surface area contributed by atoms with E-state index in [2.05, 4.69) is 0 Å². The van der Waals surface area contributed by atoms with Crippen LogP contribution in [-0.2, 0) is 0 Å². The summed E-state index contributed by atoms with van der Waals surface area (Å²) in [6.07, 6.45) is -0.755. The van der Waals surface area contributed by atoms with Gasteiger partial charge in [-0.05, 0) is 30.7 Å². The first kappa shape index (κ1) is 15.2. The molecule has 2 rings (SSSR count). The van der Waals surface area contributed by atoms with Gasteiger partial charge in [0, 0.05) is 12.1 Å². The summed E-state index contributed by atoms with van der Waals surface area (Å²) in [6.45, 7) is 1.55. The van der Waals surface area contributed by atoms with E-state index in [1.165, 1.54) is 18.2 Å². The molecule has 1 atom stereocenters. The van der Waals surface area contributed by atoms with Gasteiger partial charge >= 0.3 is 5.69 Å². The van der Waals surface area contributed by atoms with Crippen LogP contribution in [0.15, 0.2) is 36.4 Å². The monoisotopic (exact) mass is 311 g/mol. The minimum Gasteiger partial charge on any atom is -0.450 e. The maximum absolute atomic E-state index is 13.2. The number of benzene rings is 2. The number of aliphatic hydroxyl groups is 1. The molecular formula is C14H11ClFNO4. The molecule has 0 heterocycles. The number of nitrogens with zero attached hydrogens (tertiary/aromatic N) is 1. The summed E-state index contributed by atoms with van der Waals surface area (Å²) >= 11 is 5.98. The molecule has 21 heavy (non-hydrogen) atoms. The molecule has 110 valence electrons. The maximum atomic E-state index is 13.2. The number of halogens is 2. The fraction of sp³-hybridized carbons (Fsp3) is 0.143. The van der Waals surface area contributed by atoms with Gasteiger partial charge in [0.25, 0.3) is 0 Å². The third-order valence-electron chi connectivity index (χ3n) is 2.77. The van der Waals surface area contributed by atoms with Crippen LogP contribution in [-0.4, -0.2) is 10.0 Å². The van der Waals surface area contributed by atoms with Crippen molar-refractivity contribution in [3.63, 3.8) is 0 Å². The lowest BCUT2D eigenvalue weighted by Gasteiger charge is -2.10. The quantitative estimate of drug-likeness (QED) is 0.677. The summed E-state index contributed by atoms with van der Waals surface area (Å²) < 4.78 is 18.5. The largest absolute Gasteiger partial charge is 0.450 e. The number of rotatable bonds is 4. The predicted molar refractivity (Wildman–Crippen MR) is 75.2 cm³/mol. The molecule has 0 spiro atoms. The Morgan fingerprint density at radius 1 is 1.33 bits per heavy atom. The third kappa shape index (κ3) is 3.48. The molecule has 0 bridgehead atoms. The van der Waals surface area contributed by atoms with E-state index >= 15 is 0 Å². The SMILES string of the molecule is CC(O)c1ccc(Oc2cc(F)ccc2[N+](=O)[O-])cc1Cl. The zero-order chi connectivity index (χ0) is 15.6. The molecule has 7 heteroatoms. The Morgan fingerprint density at radius 2 is 2.05 bits per heavy atom. The first-order valence-corrected chi connectivity index (χ1v) is 6.35. The van der Waals surface area contributed by atoms with Crippen molar-refractivity contribution in [1.29, 1.82) is 0 Å². The van der Waals surface area contributed by atoms with Gasteiger partial charge in [0.2, 0.25) is 5.75 Å². The van der Waals surface area contributed by atoms with Crippen molar-refractivity contribution in [3.05, 3.63) is 62.9 Å². The topological polar surface area (TPSA) is 72.6 Å². The molecule has 0 aliphatic heterocycles. The lowest BCUT2D eigenvalue weighted by molar-refractivity contribution is -0.385. The van der Waals surface area contributed by atoms with E-state index in [1.54, 1.807) is 6.92 Å². The number of hydrogen-bond donors (Lipinski definition) is 1. The summed E-state index contributed by atoms with van der Waals surface area (Å²) in [5.74, 6) is -0.665. The smallest absolute Gasteiger partial charge is 0.311 e. The second-order valence-corrected chi connectivity index (χ2v) is 4.74. The van der Waals surface area contributed by atoms with Crippen molar-refractivity contribution in [2.45, 2.75) is 13.0 Å². The van der Waals surface area contributed by atoms with Gasteiger partial charge in [0.1, 0.15) is 11.6 Å². The fourth-order valence-corrected chi connectivity index (χ4v) is 2.09. The molecule has 1 N–H and O–H groups in total. The Kier molecular flexibility index (Phi) is 4.40.